The van der Waals surface area contributed by atoms with Gasteiger partial charge in [0.25, 0.3) is 5.91 Å². The normalized spacial score (nSPS) is 16.6. The molecule has 0 aromatic heterocycles. The van der Waals surface area contributed by atoms with E-state index in [-0.39, 0.29) is 0 Å². The number of aliphatic hydroxyl groups excluding tert-OH is 1. The molecular formula is C22H26N2O5S. The van der Waals surface area contributed by atoms with Crippen LogP contribution in [-0.4, -0.2) is 65.4 Å². The number of rotatable bonds is 8. The molecule has 0 aliphatic carbocycles. The van der Waals surface area contributed by atoms with E-state index in [4.69, 9.17) is 9.84 Å². The van der Waals surface area contributed by atoms with Gasteiger partial charge in [-0.3, -0.25) is 9.69 Å². The van der Waals surface area contributed by atoms with Crippen molar-refractivity contribution in [3.8, 4) is 0 Å². The van der Waals surface area contributed by atoms with Crippen LogP contribution in [0.3, 0.4) is 0 Å². The zero-order chi connectivity index (χ0) is 21.5. The number of carbonyl (C=O) groups is 2. The van der Waals surface area contributed by atoms with Crippen LogP contribution in [0.15, 0.2) is 58.3 Å². The van der Waals surface area contributed by atoms with E-state index in [1.165, 1.54) is 12.5 Å². The number of benzene rings is 2. The lowest BCUT2D eigenvalue weighted by Gasteiger charge is -2.26. The van der Waals surface area contributed by atoms with Crippen molar-refractivity contribution in [2.45, 2.75) is 35.4 Å². The van der Waals surface area contributed by atoms with Gasteiger partial charge < -0.3 is 20.3 Å². The lowest BCUT2D eigenvalue weighted by molar-refractivity contribution is -0.141. The highest BCUT2D eigenvalue weighted by Gasteiger charge is 2.25. The summed E-state index contributed by atoms with van der Waals surface area (Å²) < 4.78 is 5.38. The van der Waals surface area contributed by atoms with Gasteiger partial charge in [-0.25, -0.2) is 4.79 Å². The Kier molecular flexibility index (Phi) is 7.87. The number of carboxylic acid groups (broad SMARTS) is 1. The molecule has 2 atom stereocenters. The first-order chi connectivity index (χ1) is 14.4. The van der Waals surface area contributed by atoms with Crippen LogP contribution in [-0.2, 0) is 16.1 Å². The molecule has 0 bridgehead atoms. The maximum Gasteiger partial charge on any atom is 0.328 e. The van der Waals surface area contributed by atoms with Crippen molar-refractivity contribution in [2.24, 2.45) is 0 Å². The van der Waals surface area contributed by atoms with Crippen molar-refractivity contribution < 1.29 is 24.5 Å². The first-order valence-electron chi connectivity index (χ1n) is 9.81. The van der Waals surface area contributed by atoms with Gasteiger partial charge in [0.05, 0.1) is 19.3 Å². The van der Waals surface area contributed by atoms with Crippen LogP contribution in [0.1, 0.15) is 22.8 Å². The molecule has 1 amide bonds. The number of carboxylic acids is 1. The summed E-state index contributed by atoms with van der Waals surface area (Å²) in [5, 5.41) is 20.9. The summed E-state index contributed by atoms with van der Waals surface area (Å²) in [6, 6.07) is 14.0. The molecule has 1 fully saturated rings. The van der Waals surface area contributed by atoms with Gasteiger partial charge in [-0.15, -0.1) is 0 Å². The van der Waals surface area contributed by atoms with Crippen LogP contribution >= 0.6 is 11.8 Å². The fourth-order valence-corrected chi connectivity index (χ4v) is 3.92. The van der Waals surface area contributed by atoms with Crippen molar-refractivity contribution in [2.75, 3.05) is 26.3 Å². The van der Waals surface area contributed by atoms with Crippen LogP contribution in [0, 0.1) is 0 Å². The van der Waals surface area contributed by atoms with Gasteiger partial charge in [0.2, 0.25) is 0 Å². The molecule has 1 heterocycles. The number of morpholine rings is 1. The van der Waals surface area contributed by atoms with E-state index in [0.717, 1.165) is 42.6 Å². The third kappa shape index (κ3) is 6.30. The fraction of sp³-hybridized carbons (Fsp3) is 0.364. The van der Waals surface area contributed by atoms with Gasteiger partial charge in [-0.05, 0) is 48.9 Å². The molecule has 8 heteroatoms. The third-order valence-electron chi connectivity index (χ3n) is 4.82. The van der Waals surface area contributed by atoms with E-state index >= 15 is 0 Å². The van der Waals surface area contributed by atoms with Gasteiger partial charge in [-0.2, -0.15) is 0 Å². The van der Waals surface area contributed by atoms with Crippen LogP contribution < -0.4 is 5.32 Å². The average Bonchev–Trinajstić information content (AvgIpc) is 2.74. The summed E-state index contributed by atoms with van der Waals surface area (Å²) in [5.41, 5.74) is 1.60. The number of aliphatic carboxylic acids is 1. The number of hydrogen-bond donors (Lipinski definition) is 3. The summed E-state index contributed by atoms with van der Waals surface area (Å²) in [7, 11) is 0. The van der Waals surface area contributed by atoms with E-state index in [0.29, 0.717) is 5.56 Å². The summed E-state index contributed by atoms with van der Waals surface area (Å²) in [6.07, 6.45) is -1.19. The summed E-state index contributed by atoms with van der Waals surface area (Å²) in [6.45, 7) is 5.74. The third-order valence-corrected chi connectivity index (χ3v) is 5.84. The molecule has 0 unspecified atom stereocenters. The molecule has 3 rings (SSSR count). The minimum Gasteiger partial charge on any atom is -0.480 e. The Bertz CT molecular complexity index is 849. The Morgan fingerprint density at radius 2 is 1.63 bits per heavy atom. The maximum atomic E-state index is 12.2. The molecule has 2 aromatic carbocycles. The Hall–Kier alpha value is -2.39. The van der Waals surface area contributed by atoms with Crippen LogP contribution in [0.4, 0.5) is 0 Å². The summed E-state index contributed by atoms with van der Waals surface area (Å²) in [4.78, 5) is 27.8. The van der Waals surface area contributed by atoms with Crippen molar-refractivity contribution in [3.63, 3.8) is 0 Å². The molecule has 0 saturated carbocycles. The molecule has 2 aromatic rings. The van der Waals surface area contributed by atoms with Crippen molar-refractivity contribution >= 4 is 23.6 Å². The topological polar surface area (TPSA) is 99.1 Å². The zero-order valence-electron chi connectivity index (χ0n) is 16.8. The second-order valence-corrected chi connectivity index (χ2v) is 8.34. The molecule has 30 heavy (non-hydrogen) atoms. The Labute approximate surface area is 180 Å². The number of hydrogen-bond acceptors (Lipinski definition) is 6. The zero-order valence-corrected chi connectivity index (χ0v) is 17.6. The van der Waals surface area contributed by atoms with E-state index in [1.54, 1.807) is 23.9 Å². The van der Waals surface area contributed by atoms with Crippen LogP contribution in [0.25, 0.3) is 0 Å². The van der Waals surface area contributed by atoms with E-state index in [2.05, 4.69) is 34.5 Å². The minimum atomic E-state index is -1.34. The summed E-state index contributed by atoms with van der Waals surface area (Å²) in [5.74, 6) is -1.81. The number of aliphatic hydroxyl groups is 1. The molecule has 3 N–H and O–H groups in total. The number of nitrogens with zero attached hydrogens (tertiary/aromatic N) is 1. The highest BCUT2D eigenvalue weighted by Crippen LogP contribution is 2.28. The molecule has 1 aliphatic rings. The van der Waals surface area contributed by atoms with Crippen molar-refractivity contribution in [3.05, 3.63) is 59.7 Å². The first-order valence-corrected chi connectivity index (χ1v) is 10.6. The van der Waals surface area contributed by atoms with Gasteiger partial charge >= 0.3 is 5.97 Å². The van der Waals surface area contributed by atoms with E-state index < -0.39 is 24.0 Å². The molecule has 1 aliphatic heterocycles. The maximum absolute atomic E-state index is 12.2. The summed E-state index contributed by atoms with van der Waals surface area (Å²) >= 11 is 1.59. The number of carbonyl (C=O) groups excluding carboxylic acids is 1. The lowest BCUT2D eigenvalue weighted by Crippen LogP contribution is -2.47. The molecular weight excluding hydrogens is 404 g/mol. The monoisotopic (exact) mass is 430 g/mol. The number of amides is 1. The van der Waals surface area contributed by atoms with E-state index in [9.17, 15) is 14.7 Å². The Morgan fingerprint density at radius 1 is 1.07 bits per heavy atom. The largest absolute Gasteiger partial charge is 0.480 e. The van der Waals surface area contributed by atoms with Crippen LogP contribution in [0.2, 0.25) is 0 Å². The second-order valence-electron chi connectivity index (χ2n) is 7.19. The smallest absolute Gasteiger partial charge is 0.328 e. The average molecular weight is 431 g/mol. The molecule has 0 spiro atoms. The fourth-order valence-electron chi connectivity index (χ4n) is 3.10. The lowest BCUT2D eigenvalue weighted by atomic mass is 10.1. The minimum absolute atomic E-state index is 0.340. The Balaban J connectivity index is 1.56. The molecule has 1 saturated heterocycles. The highest BCUT2D eigenvalue weighted by atomic mass is 32.2. The number of ether oxygens (including phenoxy) is 1. The predicted molar refractivity (Wildman–Crippen MR) is 114 cm³/mol. The highest BCUT2D eigenvalue weighted by molar-refractivity contribution is 7.99. The van der Waals surface area contributed by atoms with Gasteiger partial charge in [0, 0.05) is 35.0 Å². The van der Waals surface area contributed by atoms with Gasteiger partial charge in [-0.1, -0.05) is 23.9 Å². The molecule has 160 valence electrons. The van der Waals surface area contributed by atoms with Gasteiger partial charge in [0.1, 0.15) is 0 Å². The first kappa shape index (κ1) is 22.3. The van der Waals surface area contributed by atoms with Crippen molar-refractivity contribution in [1.82, 2.24) is 10.2 Å². The van der Waals surface area contributed by atoms with Crippen LogP contribution in [0.5, 0.6) is 0 Å². The van der Waals surface area contributed by atoms with Crippen molar-refractivity contribution in [1.29, 1.82) is 0 Å². The SMILES string of the molecule is C[C@@H](O)[C@H](NC(=O)c1ccc(Sc2ccc(CN3CCOCC3)cc2)cc1)C(=O)O. The molecule has 7 nitrogen and oxygen atoms in total. The second kappa shape index (κ2) is 10.6. The standard InChI is InChI=1S/C22H26N2O5S/c1-15(25)20(22(27)28)23-21(26)17-4-8-19(9-5-17)30-18-6-2-16(3-7-18)14-24-10-12-29-13-11-24/h2-9,15,20,25H,10-14H2,1H3,(H,23,26)(H,27,28)/t15-,20+/m1/s1. The quantitative estimate of drug-likeness (QED) is 0.591. The van der Waals surface area contributed by atoms with Gasteiger partial charge in [0.15, 0.2) is 6.04 Å². The number of nitrogens with one attached hydrogen (secondary N) is 1. The Morgan fingerprint density at radius 3 is 2.17 bits per heavy atom. The van der Waals surface area contributed by atoms with E-state index in [1.807, 2.05) is 12.1 Å². The predicted octanol–water partition coefficient (Wildman–Crippen LogP) is 2.23. The molecule has 0 radical (unpaired) electrons.